The molecule has 2 fully saturated rings. The van der Waals surface area contributed by atoms with Crippen LogP contribution in [0.2, 0.25) is 0 Å². The zero-order valence-electron chi connectivity index (χ0n) is 10.4. The standard InChI is InChI=1S/C13H18N2O3/c1-2-7-3-4-9(18-7)13(16)15-11-10(14)8-5-6-17-12(8)11/h3-4,8,10-12H,2,5-6,14H2,1H3,(H,15,16). The third-order valence-electron chi connectivity index (χ3n) is 3.98. The van der Waals surface area contributed by atoms with Gasteiger partial charge in [-0.05, 0) is 18.6 Å². The van der Waals surface area contributed by atoms with Crippen LogP contribution in [0.5, 0.6) is 0 Å². The minimum absolute atomic E-state index is 0.00191. The van der Waals surface area contributed by atoms with E-state index < -0.39 is 0 Å². The highest BCUT2D eigenvalue weighted by Crippen LogP contribution is 2.37. The summed E-state index contributed by atoms with van der Waals surface area (Å²) in [4.78, 5) is 12.0. The highest BCUT2D eigenvalue weighted by atomic mass is 16.5. The van der Waals surface area contributed by atoms with Crippen molar-refractivity contribution in [2.24, 2.45) is 11.7 Å². The van der Waals surface area contributed by atoms with Gasteiger partial charge in [-0.2, -0.15) is 0 Å². The van der Waals surface area contributed by atoms with Gasteiger partial charge in [-0.15, -0.1) is 0 Å². The number of fused-ring (bicyclic) bond motifs is 1. The molecule has 1 aromatic heterocycles. The second kappa shape index (κ2) is 4.40. The molecule has 0 aromatic carbocycles. The lowest BCUT2D eigenvalue weighted by Crippen LogP contribution is -2.68. The molecule has 1 saturated heterocycles. The summed E-state index contributed by atoms with van der Waals surface area (Å²) in [6.45, 7) is 2.73. The number of carbonyl (C=O) groups is 1. The molecule has 5 heteroatoms. The van der Waals surface area contributed by atoms with Crippen molar-refractivity contribution in [1.82, 2.24) is 5.32 Å². The topological polar surface area (TPSA) is 77.5 Å². The smallest absolute Gasteiger partial charge is 0.287 e. The largest absolute Gasteiger partial charge is 0.456 e. The third kappa shape index (κ3) is 1.74. The van der Waals surface area contributed by atoms with Crippen molar-refractivity contribution >= 4 is 5.91 Å². The molecule has 1 amide bonds. The van der Waals surface area contributed by atoms with Gasteiger partial charge >= 0.3 is 0 Å². The van der Waals surface area contributed by atoms with E-state index >= 15 is 0 Å². The van der Waals surface area contributed by atoms with Crippen LogP contribution in [-0.2, 0) is 11.2 Å². The molecule has 3 rings (SSSR count). The molecule has 1 saturated carbocycles. The van der Waals surface area contributed by atoms with Gasteiger partial charge in [0.1, 0.15) is 5.76 Å². The lowest BCUT2D eigenvalue weighted by molar-refractivity contribution is -0.0164. The van der Waals surface area contributed by atoms with Crippen molar-refractivity contribution in [1.29, 1.82) is 0 Å². The van der Waals surface area contributed by atoms with Crippen LogP contribution in [0, 0.1) is 5.92 Å². The highest BCUT2D eigenvalue weighted by Gasteiger charge is 2.52. The normalized spacial score (nSPS) is 33.9. The van der Waals surface area contributed by atoms with Crippen LogP contribution in [0.1, 0.15) is 29.7 Å². The molecule has 1 aliphatic heterocycles. The Bertz CT molecular complexity index is 457. The molecule has 1 aromatic rings. The lowest BCUT2D eigenvalue weighted by Gasteiger charge is -2.45. The number of hydrogen-bond donors (Lipinski definition) is 2. The van der Waals surface area contributed by atoms with Crippen LogP contribution in [0.4, 0.5) is 0 Å². The average molecular weight is 250 g/mol. The molecule has 18 heavy (non-hydrogen) atoms. The van der Waals surface area contributed by atoms with Gasteiger partial charge < -0.3 is 20.2 Å². The molecular weight excluding hydrogens is 232 g/mol. The van der Waals surface area contributed by atoms with E-state index in [0.717, 1.165) is 25.2 Å². The number of rotatable bonds is 3. The number of nitrogens with one attached hydrogen (secondary N) is 1. The van der Waals surface area contributed by atoms with E-state index in [-0.39, 0.29) is 24.1 Å². The summed E-state index contributed by atoms with van der Waals surface area (Å²) in [5.74, 6) is 1.36. The van der Waals surface area contributed by atoms with Gasteiger partial charge in [-0.1, -0.05) is 6.92 Å². The summed E-state index contributed by atoms with van der Waals surface area (Å²) in [5, 5.41) is 2.91. The maximum atomic E-state index is 12.0. The van der Waals surface area contributed by atoms with Crippen LogP contribution in [-0.4, -0.2) is 30.7 Å². The van der Waals surface area contributed by atoms with Crippen molar-refractivity contribution < 1.29 is 13.9 Å². The number of furan rings is 1. The van der Waals surface area contributed by atoms with Crippen LogP contribution >= 0.6 is 0 Å². The molecule has 3 N–H and O–H groups in total. The molecule has 98 valence electrons. The summed E-state index contributed by atoms with van der Waals surface area (Å²) in [6.07, 6.45) is 1.87. The van der Waals surface area contributed by atoms with Gasteiger partial charge in [0.15, 0.2) is 5.76 Å². The molecule has 0 radical (unpaired) electrons. The molecule has 4 unspecified atom stereocenters. The van der Waals surface area contributed by atoms with Crippen LogP contribution < -0.4 is 11.1 Å². The third-order valence-corrected chi connectivity index (χ3v) is 3.98. The first-order chi connectivity index (χ1) is 8.70. The maximum Gasteiger partial charge on any atom is 0.287 e. The van der Waals surface area contributed by atoms with E-state index in [2.05, 4.69) is 5.32 Å². The second-order valence-electron chi connectivity index (χ2n) is 4.98. The molecule has 4 atom stereocenters. The fourth-order valence-corrected chi connectivity index (χ4v) is 2.84. The Labute approximate surface area is 106 Å². The monoisotopic (exact) mass is 250 g/mol. The number of hydrogen-bond acceptors (Lipinski definition) is 4. The van der Waals surface area contributed by atoms with Crippen molar-refractivity contribution in [3.05, 3.63) is 23.7 Å². The second-order valence-corrected chi connectivity index (χ2v) is 4.98. The van der Waals surface area contributed by atoms with Crippen molar-refractivity contribution in [3.8, 4) is 0 Å². The number of carbonyl (C=O) groups excluding carboxylic acids is 1. The average Bonchev–Trinajstić information content (AvgIpc) is 3.02. The molecule has 5 nitrogen and oxygen atoms in total. The van der Waals surface area contributed by atoms with Crippen LogP contribution in [0.3, 0.4) is 0 Å². The first-order valence-corrected chi connectivity index (χ1v) is 6.47. The Morgan fingerprint density at radius 3 is 3.11 bits per heavy atom. The van der Waals surface area contributed by atoms with Gasteiger partial charge in [-0.25, -0.2) is 0 Å². The van der Waals surface area contributed by atoms with Gasteiger partial charge in [0.05, 0.1) is 12.1 Å². The fraction of sp³-hybridized carbons (Fsp3) is 0.615. The SMILES string of the molecule is CCc1ccc(C(=O)NC2C(N)C3CCOC32)o1. The first-order valence-electron chi connectivity index (χ1n) is 6.47. The zero-order chi connectivity index (χ0) is 12.7. The first kappa shape index (κ1) is 11.7. The minimum Gasteiger partial charge on any atom is -0.456 e. The predicted octanol–water partition coefficient (Wildman–Crippen LogP) is 0.686. The van der Waals surface area contributed by atoms with E-state index in [1.165, 1.54) is 0 Å². The number of ether oxygens (including phenoxy) is 1. The molecule has 0 bridgehead atoms. The van der Waals surface area contributed by atoms with Crippen molar-refractivity contribution in [2.45, 2.75) is 38.0 Å². The van der Waals surface area contributed by atoms with Gasteiger partial charge in [0.2, 0.25) is 0 Å². The Hall–Kier alpha value is -1.33. The summed E-state index contributed by atoms with van der Waals surface area (Å²) in [7, 11) is 0. The van der Waals surface area contributed by atoms with Crippen LogP contribution in [0.15, 0.2) is 16.5 Å². The zero-order valence-corrected chi connectivity index (χ0v) is 10.4. The Kier molecular flexibility index (Phi) is 2.87. The summed E-state index contributed by atoms with van der Waals surface area (Å²) < 4.78 is 11.0. The van der Waals surface area contributed by atoms with Crippen molar-refractivity contribution in [3.63, 3.8) is 0 Å². The van der Waals surface area contributed by atoms with Gasteiger partial charge in [0, 0.05) is 25.0 Å². The van der Waals surface area contributed by atoms with Crippen molar-refractivity contribution in [2.75, 3.05) is 6.61 Å². The Balaban J connectivity index is 1.64. The Morgan fingerprint density at radius 2 is 2.39 bits per heavy atom. The Morgan fingerprint density at radius 1 is 1.56 bits per heavy atom. The van der Waals surface area contributed by atoms with Gasteiger partial charge in [0.25, 0.3) is 5.91 Å². The van der Waals surface area contributed by atoms with Crippen LogP contribution in [0.25, 0.3) is 0 Å². The van der Waals surface area contributed by atoms with E-state index in [0.29, 0.717) is 11.7 Å². The van der Waals surface area contributed by atoms with E-state index in [1.54, 1.807) is 6.07 Å². The van der Waals surface area contributed by atoms with E-state index in [4.69, 9.17) is 14.9 Å². The van der Waals surface area contributed by atoms with E-state index in [1.807, 2.05) is 13.0 Å². The fourth-order valence-electron chi connectivity index (χ4n) is 2.84. The number of aryl methyl sites for hydroxylation is 1. The van der Waals surface area contributed by atoms with Gasteiger partial charge in [-0.3, -0.25) is 4.79 Å². The summed E-state index contributed by atoms with van der Waals surface area (Å²) in [6, 6.07) is 3.44. The number of amides is 1. The lowest BCUT2D eigenvalue weighted by atomic mass is 9.72. The summed E-state index contributed by atoms with van der Waals surface area (Å²) >= 11 is 0. The summed E-state index contributed by atoms with van der Waals surface area (Å²) in [5.41, 5.74) is 6.04. The molecule has 2 heterocycles. The van der Waals surface area contributed by atoms with E-state index in [9.17, 15) is 4.79 Å². The molecule has 2 aliphatic rings. The predicted molar refractivity (Wildman–Crippen MR) is 65.2 cm³/mol. The molecular formula is C13H18N2O3. The maximum absolute atomic E-state index is 12.0. The minimum atomic E-state index is -0.205. The number of nitrogens with two attached hydrogens (primary N) is 1. The quantitative estimate of drug-likeness (QED) is 0.827. The molecule has 0 spiro atoms. The highest BCUT2D eigenvalue weighted by molar-refractivity contribution is 5.91. The molecule has 1 aliphatic carbocycles.